The van der Waals surface area contributed by atoms with Crippen LogP contribution in [0.4, 0.5) is 0 Å². The lowest BCUT2D eigenvalue weighted by Crippen LogP contribution is -2.32. The molecule has 0 fully saturated rings. The number of sulfonamides is 1. The Morgan fingerprint density at radius 1 is 1.24 bits per heavy atom. The molecule has 0 bridgehead atoms. The van der Waals surface area contributed by atoms with Gasteiger partial charge in [0.15, 0.2) is 0 Å². The van der Waals surface area contributed by atoms with Crippen LogP contribution in [-0.2, 0) is 16.6 Å². The van der Waals surface area contributed by atoms with Crippen molar-refractivity contribution in [2.24, 2.45) is 0 Å². The second-order valence-electron chi connectivity index (χ2n) is 5.47. The van der Waals surface area contributed by atoms with Crippen molar-refractivity contribution in [3.05, 3.63) is 17.0 Å². The molecule has 4 nitrogen and oxygen atoms in total. The summed E-state index contributed by atoms with van der Waals surface area (Å²) in [6.07, 6.45) is 5.34. The van der Waals surface area contributed by atoms with Gasteiger partial charge in [-0.3, -0.25) is 0 Å². The summed E-state index contributed by atoms with van der Waals surface area (Å²) in [5.41, 5.74) is 1.03. The molecular formula is C15H28N2O2S2. The molecule has 0 aliphatic heterocycles. The quantitative estimate of drug-likeness (QED) is 0.610. The normalized spacial score (nSPS) is 13.5. The summed E-state index contributed by atoms with van der Waals surface area (Å²) in [7, 11) is -3.37. The van der Waals surface area contributed by atoms with Crippen LogP contribution in [0, 0.1) is 0 Å². The Labute approximate surface area is 133 Å². The summed E-state index contributed by atoms with van der Waals surface area (Å²) >= 11 is 1.29. The Kier molecular flexibility index (Phi) is 8.48. The Balaban J connectivity index is 2.53. The van der Waals surface area contributed by atoms with E-state index in [4.69, 9.17) is 0 Å². The zero-order valence-electron chi connectivity index (χ0n) is 13.3. The third kappa shape index (κ3) is 6.91. The van der Waals surface area contributed by atoms with Gasteiger partial charge in [0.2, 0.25) is 10.0 Å². The molecule has 1 rings (SSSR count). The highest BCUT2D eigenvalue weighted by Gasteiger charge is 2.19. The molecule has 0 aliphatic rings. The predicted molar refractivity (Wildman–Crippen MR) is 90.2 cm³/mol. The van der Waals surface area contributed by atoms with Crippen LogP contribution in [-0.4, -0.2) is 21.0 Å². The van der Waals surface area contributed by atoms with Gasteiger partial charge < -0.3 is 5.32 Å². The topological polar surface area (TPSA) is 58.2 Å². The van der Waals surface area contributed by atoms with Gasteiger partial charge in [-0.1, -0.05) is 33.1 Å². The van der Waals surface area contributed by atoms with Gasteiger partial charge in [0.25, 0.3) is 0 Å². The van der Waals surface area contributed by atoms with Crippen LogP contribution >= 0.6 is 11.3 Å². The van der Waals surface area contributed by atoms with Gasteiger partial charge in [-0.25, -0.2) is 13.1 Å². The summed E-state index contributed by atoms with van der Waals surface area (Å²) in [4.78, 5) is 0. The van der Waals surface area contributed by atoms with E-state index in [1.807, 2.05) is 12.3 Å². The van der Waals surface area contributed by atoms with Gasteiger partial charge in [-0.05, 0) is 43.3 Å². The highest BCUT2D eigenvalue weighted by molar-refractivity contribution is 7.91. The maximum atomic E-state index is 12.3. The average Bonchev–Trinajstić information content (AvgIpc) is 2.88. The van der Waals surface area contributed by atoms with Gasteiger partial charge in [0.1, 0.15) is 4.21 Å². The second-order valence-corrected chi connectivity index (χ2v) is 8.32. The first-order valence-electron chi connectivity index (χ1n) is 7.80. The third-order valence-electron chi connectivity index (χ3n) is 3.25. The first kappa shape index (κ1) is 18.6. The van der Waals surface area contributed by atoms with Crippen molar-refractivity contribution >= 4 is 21.4 Å². The van der Waals surface area contributed by atoms with E-state index in [0.29, 0.717) is 4.21 Å². The van der Waals surface area contributed by atoms with Crippen molar-refractivity contribution in [1.29, 1.82) is 0 Å². The molecule has 1 aromatic rings. The van der Waals surface area contributed by atoms with E-state index in [1.54, 1.807) is 6.07 Å². The molecule has 0 radical (unpaired) electrons. The maximum absolute atomic E-state index is 12.3. The smallest absolute Gasteiger partial charge is 0.250 e. The first-order chi connectivity index (χ1) is 9.99. The van der Waals surface area contributed by atoms with E-state index in [1.165, 1.54) is 11.3 Å². The molecule has 2 N–H and O–H groups in total. The lowest BCUT2D eigenvalue weighted by atomic mass is 10.1. The number of hydrogen-bond acceptors (Lipinski definition) is 4. The lowest BCUT2D eigenvalue weighted by molar-refractivity contribution is 0.528. The lowest BCUT2D eigenvalue weighted by Gasteiger charge is -2.12. The molecule has 0 saturated heterocycles. The largest absolute Gasteiger partial charge is 0.313 e. The number of thiophene rings is 1. The Morgan fingerprint density at radius 3 is 2.67 bits per heavy atom. The molecule has 0 aliphatic carbocycles. The molecule has 0 amide bonds. The molecule has 122 valence electrons. The fourth-order valence-electron chi connectivity index (χ4n) is 2.08. The third-order valence-corrected chi connectivity index (χ3v) is 6.33. The summed E-state index contributed by atoms with van der Waals surface area (Å²) in [6.45, 7) is 7.87. The fraction of sp³-hybridized carbons (Fsp3) is 0.733. The highest BCUT2D eigenvalue weighted by atomic mass is 32.2. The minimum atomic E-state index is -3.37. The zero-order chi connectivity index (χ0) is 15.7. The Hall–Kier alpha value is -0.430. The van der Waals surface area contributed by atoms with E-state index in [2.05, 4.69) is 23.9 Å². The van der Waals surface area contributed by atoms with Crippen LogP contribution < -0.4 is 10.0 Å². The van der Waals surface area contributed by atoms with Crippen molar-refractivity contribution in [2.45, 2.75) is 69.7 Å². The first-order valence-corrected chi connectivity index (χ1v) is 10.2. The van der Waals surface area contributed by atoms with Crippen LogP contribution in [0.25, 0.3) is 0 Å². The van der Waals surface area contributed by atoms with Crippen molar-refractivity contribution in [3.8, 4) is 0 Å². The van der Waals surface area contributed by atoms with Gasteiger partial charge in [0.05, 0.1) is 0 Å². The van der Waals surface area contributed by atoms with Crippen LogP contribution in [0.3, 0.4) is 0 Å². The molecule has 1 heterocycles. The average molecular weight is 333 g/mol. The molecule has 1 aromatic heterocycles. The number of hydrogen-bond donors (Lipinski definition) is 2. The van der Waals surface area contributed by atoms with Crippen LogP contribution in [0.15, 0.2) is 15.7 Å². The monoisotopic (exact) mass is 332 g/mol. The highest BCUT2D eigenvalue weighted by Crippen LogP contribution is 2.21. The fourth-order valence-corrected chi connectivity index (χ4v) is 4.58. The summed E-state index contributed by atoms with van der Waals surface area (Å²) < 4.78 is 27.8. The number of rotatable bonds is 11. The van der Waals surface area contributed by atoms with Crippen molar-refractivity contribution in [2.75, 3.05) is 6.54 Å². The van der Waals surface area contributed by atoms with Crippen molar-refractivity contribution in [1.82, 2.24) is 10.0 Å². The molecular weight excluding hydrogens is 304 g/mol. The molecule has 0 aromatic carbocycles. The van der Waals surface area contributed by atoms with Gasteiger partial charge in [-0.15, -0.1) is 11.3 Å². The number of unbranched alkanes of at least 4 members (excludes halogenated alkanes) is 2. The molecule has 1 atom stereocenters. The van der Waals surface area contributed by atoms with E-state index in [9.17, 15) is 8.42 Å². The maximum Gasteiger partial charge on any atom is 0.250 e. The molecule has 21 heavy (non-hydrogen) atoms. The van der Waals surface area contributed by atoms with E-state index >= 15 is 0 Å². The number of nitrogens with one attached hydrogen (secondary N) is 2. The van der Waals surface area contributed by atoms with Crippen molar-refractivity contribution < 1.29 is 8.42 Å². The molecule has 1 unspecified atom stereocenters. The van der Waals surface area contributed by atoms with Crippen molar-refractivity contribution in [3.63, 3.8) is 0 Å². The van der Waals surface area contributed by atoms with E-state index in [0.717, 1.165) is 50.8 Å². The van der Waals surface area contributed by atoms with Gasteiger partial charge in [-0.2, -0.15) is 0 Å². The van der Waals surface area contributed by atoms with Crippen LogP contribution in [0.2, 0.25) is 0 Å². The standard InChI is InChI=1S/C15H28N2O2S2/c1-4-6-7-8-13(3)17-21(18,19)15-10-14(12-20-15)11-16-9-5-2/h10,12-13,16-17H,4-9,11H2,1-3H3. The Bertz CT molecular complexity index is 498. The van der Waals surface area contributed by atoms with Crippen LogP contribution in [0.5, 0.6) is 0 Å². The molecule has 0 spiro atoms. The Morgan fingerprint density at radius 2 is 2.00 bits per heavy atom. The minimum absolute atomic E-state index is 0.00897. The van der Waals surface area contributed by atoms with Gasteiger partial charge in [0, 0.05) is 12.6 Å². The molecule has 6 heteroatoms. The predicted octanol–water partition coefficient (Wildman–Crippen LogP) is 3.49. The van der Waals surface area contributed by atoms with E-state index < -0.39 is 10.0 Å². The second kappa shape index (κ2) is 9.56. The zero-order valence-corrected chi connectivity index (χ0v) is 14.9. The summed E-state index contributed by atoms with van der Waals surface area (Å²) in [5, 5.41) is 5.20. The SMILES string of the molecule is CCCCCC(C)NS(=O)(=O)c1cc(CNCCC)cs1. The van der Waals surface area contributed by atoms with Gasteiger partial charge >= 0.3 is 0 Å². The van der Waals surface area contributed by atoms with Crippen LogP contribution in [0.1, 0.15) is 58.4 Å². The molecule has 0 saturated carbocycles. The van der Waals surface area contributed by atoms with E-state index in [-0.39, 0.29) is 6.04 Å². The summed E-state index contributed by atoms with van der Waals surface area (Å²) in [5.74, 6) is 0. The minimum Gasteiger partial charge on any atom is -0.313 e. The summed E-state index contributed by atoms with van der Waals surface area (Å²) in [6, 6.07) is 1.76.